The van der Waals surface area contributed by atoms with Gasteiger partial charge in [0.05, 0.1) is 12.5 Å². The Morgan fingerprint density at radius 2 is 1.81 bits per heavy atom. The molecule has 3 aromatic rings. The van der Waals surface area contributed by atoms with Gasteiger partial charge in [0.25, 0.3) is 5.91 Å². The number of carboxylic acids is 1. The number of benzene rings is 2. The van der Waals surface area contributed by atoms with Crippen LogP contribution < -0.4 is 5.32 Å². The number of carboxylic acid groups (broad SMARTS) is 1. The van der Waals surface area contributed by atoms with Gasteiger partial charge in [-0.1, -0.05) is 62.3 Å². The van der Waals surface area contributed by atoms with Crippen molar-refractivity contribution in [3.63, 3.8) is 0 Å². The summed E-state index contributed by atoms with van der Waals surface area (Å²) in [5.74, 6) is -0.870. The number of rotatable bonds is 5. The monoisotopic (exact) mass is 366 g/mol. The first-order chi connectivity index (χ1) is 12.7. The molecule has 0 spiro atoms. The molecule has 0 aliphatic rings. The van der Waals surface area contributed by atoms with Gasteiger partial charge < -0.3 is 14.9 Å². The van der Waals surface area contributed by atoms with E-state index in [0.29, 0.717) is 5.76 Å². The Balaban J connectivity index is 1.87. The minimum atomic E-state index is -0.996. The molecule has 0 aliphatic carbocycles. The third-order valence-corrected chi connectivity index (χ3v) is 4.34. The van der Waals surface area contributed by atoms with Crippen LogP contribution >= 0.6 is 0 Å². The average Bonchev–Trinajstić information content (AvgIpc) is 3.11. The van der Waals surface area contributed by atoms with Crippen LogP contribution in [0, 0.1) is 0 Å². The number of fused-ring (bicyclic) bond motifs is 1. The second-order valence-electron chi connectivity index (χ2n) is 7.56. The Bertz CT molecular complexity index is 985. The van der Waals surface area contributed by atoms with Crippen LogP contribution in [0.1, 0.15) is 55.0 Å². The van der Waals surface area contributed by atoms with Crippen molar-refractivity contribution in [2.45, 2.75) is 38.6 Å². The fraction of sp³-hybridized carbons (Fsp3) is 0.286. The molecule has 0 aliphatic heterocycles. The number of carbonyl (C=O) groups excluding carboxylic acids is 1. The Morgan fingerprint density at radius 1 is 1.11 bits per heavy atom. The number of nitrogens with one attached hydrogen (secondary N) is 1. The van der Waals surface area contributed by atoms with Gasteiger partial charge in [0.1, 0.15) is 5.76 Å². The van der Waals surface area contributed by atoms with Crippen molar-refractivity contribution in [2.24, 2.45) is 0 Å². The molecule has 0 saturated heterocycles. The number of aliphatic carboxylic acids is 1. The lowest BCUT2D eigenvalue weighted by Gasteiger charge is -2.17. The summed E-state index contributed by atoms with van der Waals surface area (Å²) in [7, 11) is 0. The van der Waals surface area contributed by atoms with Gasteiger partial charge >= 0.3 is 5.97 Å². The minimum Gasteiger partial charge on any atom is -0.481 e. The fourth-order valence-electron chi connectivity index (χ4n) is 2.82. The molecule has 0 radical (unpaired) electrons. The van der Waals surface area contributed by atoms with Crippen molar-refractivity contribution in [1.82, 2.24) is 10.5 Å². The lowest BCUT2D eigenvalue weighted by Crippen LogP contribution is -2.30. The van der Waals surface area contributed by atoms with E-state index in [1.807, 2.05) is 63.2 Å². The maximum Gasteiger partial charge on any atom is 0.305 e. The van der Waals surface area contributed by atoms with Crippen LogP contribution in [0.25, 0.3) is 10.8 Å². The van der Waals surface area contributed by atoms with Gasteiger partial charge in [-0.3, -0.25) is 9.59 Å². The zero-order valence-electron chi connectivity index (χ0n) is 15.5. The first-order valence-electron chi connectivity index (χ1n) is 8.72. The topological polar surface area (TPSA) is 92.4 Å². The SMILES string of the molecule is CC(C)(C)c1cc(C(=O)N[C@@H](CC(=O)O)c2ccc3ccccc3c2)no1. The van der Waals surface area contributed by atoms with E-state index < -0.39 is 17.9 Å². The Kier molecular flexibility index (Phi) is 4.99. The van der Waals surface area contributed by atoms with Crippen LogP contribution in [0.3, 0.4) is 0 Å². The third kappa shape index (κ3) is 4.34. The number of aromatic nitrogens is 1. The largest absolute Gasteiger partial charge is 0.481 e. The van der Waals surface area contributed by atoms with Crippen LogP contribution in [-0.2, 0) is 10.2 Å². The Hall–Kier alpha value is -3.15. The highest BCUT2D eigenvalue weighted by Crippen LogP contribution is 2.25. The fourth-order valence-corrected chi connectivity index (χ4v) is 2.82. The van der Waals surface area contributed by atoms with Gasteiger partial charge in [-0.05, 0) is 22.4 Å². The van der Waals surface area contributed by atoms with Gasteiger partial charge in [-0.2, -0.15) is 0 Å². The summed E-state index contributed by atoms with van der Waals surface area (Å²) >= 11 is 0. The molecule has 0 fully saturated rings. The third-order valence-electron chi connectivity index (χ3n) is 4.34. The number of hydrogen-bond acceptors (Lipinski definition) is 4. The smallest absolute Gasteiger partial charge is 0.305 e. The van der Waals surface area contributed by atoms with Gasteiger partial charge in [0, 0.05) is 11.5 Å². The highest BCUT2D eigenvalue weighted by atomic mass is 16.5. The summed E-state index contributed by atoms with van der Waals surface area (Å²) in [4.78, 5) is 23.9. The predicted octanol–water partition coefficient (Wildman–Crippen LogP) is 4.07. The van der Waals surface area contributed by atoms with E-state index in [4.69, 9.17) is 4.52 Å². The van der Waals surface area contributed by atoms with E-state index in [1.54, 1.807) is 6.07 Å². The van der Waals surface area contributed by atoms with Crippen LogP contribution in [0.4, 0.5) is 0 Å². The molecule has 1 amide bonds. The van der Waals surface area contributed by atoms with Gasteiger partial charge in [-0.15, -0.1) is 0 Å². The van der Waals surface area contributed by atoms with Crippen LogP contribution in [0.15, 0.2) is 53.1 Å². The molecule has 3 rings (SSSR count). The maximum absolute atomic E-state index is 12.6. The molecule has 0 unspecified atom stereocenters. The van der Waals surface area contributed by atoms with E-state index >= 15 is 0 Å². The molecule has 1 aromatic heterocycles. The zero-order valence-corrected chi connectivity index (χ0v) is 15.5. The minimum absolute atomic E-state index is 0.135. The van der Waals surface area contributed by atoms with Crippen molar-refractivity contribution in [2.75, 3.05) is 0 Å². The van der Waals surface area contributed by atoms with E-state index in [9.17, 15) is 14.7 Å². The molecular weight excluding hydrogens is 344 g/mol. The lowest BCUT2D eigenvalue weighted by atomic mass is 9.93. The first-order valence-corrected chi connectivity index (χ1v) is 8.72. The van der Waals surface area contributed by atoms with Crippen molar-refractivity contribution in [3.05, 3.63) is 65.5 Å². The average molecular weight is 366 g/mol. The molecule has 0 saturated carbocycles. The van der Waals surface area contributed by atoms with Crippen molar-refractivity contribution < 1.29 is 19.2 Å². The van der Waals surface area contributed by atoms with E-state index in [1.165, 1.54) is 0 Å². The molecule has 1 atom stereocenters. The summed E-state index contributed by atoms with van der Waals surface area (Å²) in [6.45, 7) is 5.87. The second kappa shape index (κ2) is 7.23. The molecule has 1 heterocycles. The zero-order chi connectivity index (χ0) is 19.6. The van der Waals surface area contributed by atoms with E-state index in [0.717, 1.165) is 16.3 Å². The van der Waals surface area contributed by atoms with Crippen LogP contribution in [0.2, 0.25) is 0 Å². The van der Waals surface area contributed by atoms with Gasteiger partial charge in [-0.25, -0.2) is 0 Å². The van der Waals surface area contributed by atoms with Crippen LogP contribution in [-0.4, -0.2) is 22.1 Å². The highest BCUT2D eigenvalue weighted by Gasteiger charge is 2.24. The van der Waals surface area contributed by atoms with E-state index in [-0.39, 0.29) is 17.5 Å². The summed E-state index contributed by atoms with van der Waals surface area (Å²) in [5.41, 5.74) is 0.588. The number of carbonyl (C=O) groups is 2. The first kappa shape index (κ1) is 18.6. The predicted molar refractivity (Wildman–Crippen MR) is 102 cm³/mol. The lowest BCUT2D eigenvalue weighted by molar-refractivity contribution is -0.137. The van der Waals surface area contributed by atoms with Crippen LogP contribution in [0.5, 0.6) is 0 Å². The summed E-state index contributed by atoms with van der Waals surface area (Å²) in [6, 6.07) is 14.4. The molecule has 6 nitrogen and oxygen atoms in total. The summed E-state index contributed by atoms with van der Waals surface area (Å²) in [6.07, 6.45) is -0.228. The molecule has 27 heavy (non-hydrogen) atoms. The van der Waals surface area contributed by atoms with Crippen molar-refractivity contribution in [3.8, 4) is 0 Å². The number of amides is 1. The molecular formula is C21H22N2O4. The van der Waals surface area contributed by atoms with Crippen molar-refractivity contribution in [1.29, 1.82) is 0 Å². The standard InChI is InChI=1S/C21H22N2O4/c1-21(2,3)18-11-17(23-27-18)20(26)22-16(12-19(24)25)15-9-8-13-6-4-5-7-14(13)10-15/h4-11,16H,12H2,1-3H3,(H,22,26)(H,24,25)/t16-/m0/s1. The molecule has 2 N–H and O–H groups in total. The second-order valence-corrected chi connectivity index (χ2v) is 7.56. The molecule has 6 heteroatoms. The highest BCUT2D eigenvalue weighted by molar-refractivity contribution is 5.93. The quantitative estimate of drug-likeness (QED) is 0.710. The Morgan fingerprint density at radius 3 is 2.44 bits per heavy atom. The molecule has 2 aromatic carbocycles. The summed E-state index contributed by atoms with van der Waals surface area (Å²) < 4.78 is 5.25. The van der Waals surface area contributed by atoms with Crippen molar-refractivity contribution >= 4 is 22.6 Å². The maximum atomic E-state index is 12.6. The van der Waals surface area contributed by atoms with E-state index in [2.05, 4.69) is 10.5 Å². The van der Waals surface area contributed by atoms with Gasteiger partial charge in [0.15, 0.2) is 5.69 Å². The molecule has 140 valence electrons. The Labute approximate surface area is 157 Å². The molecule has 0 bridgehead atoms. The number of hydrogen-bond donors (Lipinski definition) is 2. The van der Waals surface area contributed by atoms with Gasteiger partial charge in [0.2, 0.25) is 0 Å². The summed E-state index contributed by atoms with van der Waals surface area (Å²) in [5, 5.41) is 17.9. The normalized spacial score (nSPS) is 12.7. The number of nitrogens with zero attached hydrogens (tertiary/aromatic N) is 1.